The number of nitrogens with zero attached hydrogens (tertiary/aromatic N) is 1. The van der Waals surface area contributed by atoms with Gasteiger partial charge in [0.15, 0.2) is 5.78 Å². The molecule has 6 heteroatoms. The van der Waals surface area contributed by atoms with E-state index in [-0.39, 0.29) is 11.5 Å². The Hall–Kier alpha value is -1.66. The van der Waals surface area contributed by atoms with E-state index in [1.165, 1.54) is 11.8 Å². The number of hydrogen-bond donors (Lipinski definition) is 1. The van der Waals surface area contributed by atoms with E-state index < -0.39 is 5.91 Å². The van der Waals surface area contributed by atoms with Crippen molar-refractivity contribution in [3.8, 4) is 0 Å². The van der Waals surface area contributed by atoms with E-state index in [4.69, 9.17) is 5.73 Å². The van der Waals surface area contributed by atoms with Crippen LogP contribution in [0, 0.1) is 13.8 Å². The van der Waals surface area contributed by atoms with E-state index in [0.717, 1.165) is 15.7 Å². The lowest BCUT2D eigenvalue weighted by atomic mass is 10.1. The second-order valence-corrected chi connectivity index (χ2v) is 6.72. The van der Waals surface area contributed by atoms with Crippen molar-refractivity contribution in [1.29, 1.82) is 0 Å². The van der Waals surface area contributed by atoms with Crippen LogP contribution in [-0.2, 0) is 0 Å². The highest BCUT2D eigenvalue weighted by Crippen LogP contribution is 2.25. The van der Waals surface area contributed by atoms with Gasteiger partial charge in [0.1, 0.15) is 5.03 Å². The van der Waals surface area contributed by atoms with E-state index in [1.54, 1.807) is 18.2 Å². The molecule has 4 nitrogen and oxygen atoms in total. The molecular weight excluding hydrogens is 364 g/mol. The summed E-state index contributed by atoms with van der Waals surface area (Å²) in [5.41, 5.74) is 8.00. The summed E-state index contributed by atoms with van der Waals surface area (Å²) in [6.07, 6.45) is 0. The van der Waals surface area contributed by atoms with Gasteiger partial charge in [-0.05, 0) is 37.6 Å². The van der Waals surface area contributed by atoms with Crippen molar-refractivity contribution in [1.82, 2.24) is 4.98 Å². The first kappa shape index (κ1) is 16.7. The van der Waals surface area contributed by atoms with Crippen molar-refractivity contribution in [3.63, 3.8) is 0 Å². The maximum atomic E-state index is 12.2. The molecule has 22 heavy (non-hydrogen) atoms. The molecule has 0 atom stereocenters. The Balaban J connectivity index is 2.19. The molecular formula is C16H15BrN2O2S. The molecule has 0 unspecified atom stereocenters. The van der Waals surface area contributed by atoms with Crippen LogP contribution in [0.25, 0.3) is 0 Å². The van der Waals surface area contributed by atoms with Crippen LogP contribution in [0.2, 0.25) is 0 Å². The van der Waals surface area contributed by atoms with Crippen LogP contribution in [0.4, 0.5) is 0 Å². The van der Waals surface area contributed by atoms with Crippen LogP contribution < -0.4 is 5.73 Å². The molecule has 0 aliphatic carbocycles. The number of thioether (sulfide) groups is 1. The summed E-state index contributed by atoms with van der Waals surface area (Å²) < 4.78 is 0.920. The van der Waals surface area contributed by atoms with E-state index in [2.05, 4.69) is 20.9 Å². The Morgan fingerprint density at radius 2 is 1.86 bits per heavy atom. The second kappa shape index (κ2) is 7.07. The van der Waals surface area contributed by atoms with Crippen molar-refractivity contribution in [2.24, 2.45) is 5.73 Å². The van der Waals surface area contributed by atoms with E-state index in [1.807, 2.05) is 26.0 Å². The monoisotopic (exact) mass is 378 g/mol. The first-order valence-corrected chi connectivity index (χ1v) is 8.36. The summed E-state index contributed by atoms with van der Waals surface area (Å²) >= 11 is 4.57. The number of carbonyl (C=O) groups excluding carboxylic acids is 2. The molecule has 2 rings (SSSR count). The minimum absolute atomic E-state index is 0.0196. The van der Waals surface area contributed by atoms with E-state index in [0.29, 0.717) is 16.2 Å². The third-order valence-electron chi connectivity index (χ3n) is 3.06. The fourth-order valence-electron chi connectivity index (χ4n) is 2.06. The molecule has 0 radical (unpaired) electrons. The molecule has 0 saturated heterocycles. The number of pyridine rings is 1. The number of primary amides is 1. The van der Waals surface area contributed by atoms with Gasteiger partial charge in [-0.2, -0.15) is 0 Å². The maximum Gasteiger partial charge on any atom is 0.251 e. The largest absolute Gasteiger partial charge is 0.366 e. The predicted octanol–water partition coefficient (Wildman–Crippen LogP) is 3.53. The van der Waals surface area contributed by atoms with Gasteiger partial charge in [-0.15, -0.1) is 0 Å². The highest BCUT2D eigenvalue weighted by molar-refractivity contribution is 9.10. The number of ketones is 1. The zero-order valence-corrected chi connectivity index (χ0v) is 14.6. The second-order valence-electron chi connectivity index (χ2n) is 4.84. The first-order valence-electron chi connectivity index (χ1n) is 6.58. The third-order valence-corrected chi connectivity index (χ3v) is 4.57. The molecule has 1 heterocycles. The number of amides is 1. The molecule has 2 aromatic rings. The molecule has 0 aliphatic rings. The molecule has 0 aliphatic heterocycles. The summed E-state index contributed by atoms with van der Waals surface area (Å²) in [6.45, 7) is 3.66. The van der Waals surface area contributed by atoms with Crippen LogP contribution in [0.1, 0.15) is 32.0 Å². The average molecular weight is 379 g/mol. The topological polar surface area (TPSA) is 73.1 Å². The highest BCUT2D eigenvalue weighted by atomic mass is 79.9. The lowest BCUT2D eigenvalue weighted by Gasteiger charge is -2.09. The Morgan fingerprint density at radius 3 is 2.45 bits per heavy atom. The minimum atomic E-state index is -0.524. The molecule has 2 N–H and O–H groups in total. The molecule has 114 valence electrons. The molecule has 0 bridgehead atoms. The SMILES string of the molecule is Cc1cc(C)c(C(N)=O)c(SCC(=O)c2ccc(Br)cc2)n1. The number of aryl methyl sites for hydroxylation is 2. The number of benzene rings is 1. The van der Waals surface area contributed by atoms with Crippen molar-refractivity contribution < 1.29 is 9.59 Å². The van der Waals surface area contributed by atoms with Crippen LogP contribution in [-0.4, -0.2) is 22.4 Å². The molecule has 1 aromatic heterocycles. The average Bonchev–Trinajstić information content (AvgIpc) is 2.44. The van der Waals surface area contributed by atoms with E-state index >= 15 is 0 Å². The van der Waals surface area contributed by atoms with Gasteiger partial charge in [-0.25, -0.2) is 4.98 Å². The van der Waals surface area contributed by atoms with Crippen LogP contribution >= 0.6 is 27.7 Å². The third kappa shape index (κ3) is 3.96. The summed E-state index contributed by atoms with van der Waals surface area (Å²) in [6, 6.07) is 8.97. The van der Waals surface area contributed by atoms with E-state index in [9.17, 15) is 9.59 Å². The minimum Gasteiger partial charge on any atom is -0.366 e. The van der Waals surface area contributed by atoms with Crippen molar-refractivity contribution in [3.05, 3.63) is 57.2 Å². The first-order chi connectivity index (χ1) is 10.4. The Kier molecular flexibility index (Phi) is 5.37. The van der Waals surface area contributed by atoms with Crippen molar-refractivity contribution in [2.45, 2.75) is 18.9 Å². The Morgan fingerprint density at radius 1 is 1.23 bits per heavy atom. The van der Waals surface area contributed by atoms with Gasteiger partial charge in [0.2, 0.25) is 0 Å². The lowest BCUT2D eigenvalue weighted by molar-refractivity contribution is 0.0992. The van der Waals surface area contributed by atoms with Gasteiger partial charge in [0.25, 0.3) is 5.91 Å². The summed E-state index contributed by atoms with van der Waals surface area (Å²) in [5.74, 6) is -0.338. The fourth-order valence-corrected chi connectivity index (χ4v) is 3.37. The number of hydrogen-bond acceptors (Lipinski definition) is 4. The standard InChI is InChI=1S/C16H15BrN2O2S/c1-9-7-10(2)19-16(14(9)15(18)21)22-8-13(20)11-3-5-12(17)6-4-11/h3-7H,8H2,1-2H3,(H2,18,21). The van der Waals surface area contributed by atoms with Gasteiger partial charge < -0.3 is 5.73 Å². The summed E-state index contributed by atoms with van der Waals surface area (Å²) in [5, 5.41) is 0.510. The van der Waals surface area contributed by atoms with Crippen LogP contribution in [0.5, 0.6) is 0 Å². The molecule has 0 saturated carbocycles. The lowest BCUT2D eigenvalue weighted by Crippen LogP contribution is -2.16. The molecule has 1 amide bonds. The van der Waals surface area contributed by atoms with Crippen molar-refractivity contribution in [2.75, 3.05) is 5.75 Å². The normalized spacial score (nSPS) is 10.5. The van der Waals surface area contributed by atoms with Gasteiger partial charge >= 0.3 is 0 Å². The number of nitrogens with two attached hydrogens (primary N) is 1. The van der Waals surface area contributed by atoms with Gasteiger partial charge in [-0.1, -0.05) is 39.8 Å². The Labute approximate surface area is 141 Å². The number of rotatable bonds is 5. The summed E-state index contributed by atoms with van der Waals surface area (Å²) in [4.78, 5) is 28.1. The number of halogens is 1. The van der Waals surface area contributed by atoms with Gasteiger partial charge in [0, 0.05) is 15.7 Å². The van der Waals surface area contributed by atoms with Gasteiger partial charge in [0.05, 0.1) is 11.3 Å². The van der Waals surface area contributed by atoms with Crippen molar-refractivity contribution >= 4 is 39.4 Å². The number of carbonyl (C=O) groups is 2. The number of Topliss-reactive ketones (excluding diaryl/α,β-unsaturated/α-hetero) is 1. The zero-order valence-electron chi connectivity index (χ0n) is 12.2. The Bertz CT molecular complexity index is 730. The summed E-state index contributed by atoms with van der Waals surface area (Å²) in [7, 11) is 0. The maximum absolute atomic E-state index is 12.2. The molecule has 0 fully saturated rings. The quantitative estimate of drug-likeness (QED) is 0.637. The highest BCUT2D eigenvalue weighted by Gasteiger charge is 2.16. The molecule has 1 aromatic carbocycles. The van der Waals surface area contributed by atoms with Crippen LogP contribution in [0.3, 0.4) is 0 Å². The predicted molar refractivity (Wildman–Crippen MR) is 91.4 cm³/mol. The smallest absolute Gasteiger partial charge is 0.251 e. The van der Waals surface area contributed by atoms with Crippen LogP contribution in [0.15, 0.2) is 39.8 Å². The van der Waals surface area contributed by atoms with Gasteiger partial charge in [-0.3, -0.25) is 9.59 Å². The fraction of sp³-hybridized carbons (Fsp3) is 0.188. The molecule has 0 spiro atoms. The zero-order chi connectivity index (χ0) is 16.3. The number of aromatic nitrogens is 1.